The van der Waals surface area contributed by atoms with E-state index in [4.69, 9.17) is 0 Å². The molecule has 0 aliphatic heterocycles. The van der Waals surface area contributed by atoms with Crippen molar-refractivity contribution in [3.05, 3.63) is 35.9 Å². The van der Waals surface area contributed by atoms with Crippen molar-refractivity contribution >= 4 is 6.29 Å². The summed E-state index contributed by atoms with van der Waals surface area (Å²) >= 11 is 0. The average Bonchev–Trinajstić information content (AvgIpc) is 2.14. The van der Waals surface area contributed by atoms with Crippen LogP contribution in [0.25, 0.3) is 0 Å². The van der Waals surface area contributed by atoms with Crippen LogP contribution in [0.5, 0.6) is 0 Å². The Bertz CT molecular complexity index is 221. The van der Waals surface area contributed by atoms with Crippen molar-refractivity contribution in [1.29, 1.82) is 0 Å². The van der Waals surface area contributed by atoms with Crippen LogP contribution in [-0.2, 0) is 11.2 Å². The summed E-state index contributed by atoms with van der Waals surface area (Å²) in [6, 6.07) is 10.2. The van der Waals surface area contributed by atoms with Gasteiger partial charge in [0.05, 0.1) is 6.54 Å². The van der Waals surface area contributed by atoms with Crippen LogP contribution < -0.4 is 5.32 Å². The van der Waals surface area contributed by atoms with Crippen molar-refractivity contribution in [2.75, 3.05) is 13.1 Å². The van der Waals surface area contributed by atoms with Gasteiger partial charge in [0.1, 0.15) is 6.29 Å². The fraction of sp³-hybridized carbons (Fsp3) is 0.300. The van der Waals surface area contributed by atoms with Gasteiger partial charge in [-0.2, -0.15) is 0 Å². The van der Waals surface area contributed by atoms with Crippen LogP contribution in [0, 0.1) is 0 Å². The number of rotatable bonds is 5. The first kappa shape index (κ1) is 8.94. The molecule has 64 valence electrons. The van der Waals surface area contributed by atoms with Crippen LogP contribution in [0.1, 0.15) is 5.56 Å². The zero-order valence-corrected chi connectivity index (χ0v) is 6.99. The molecule has 1 aromatic rings. The second kappa shape index (κ2) is 5.49. The summed E-state index contributed by atoms with van der Waals surface area (Å²) < 4.78 is 0. The predicted molar refractivity (Wildman–Crippen MR) is 49.1 cm³/mol. The molecular weight excluding hydrogens is 150 g/mol. The molecule has 1 aromatic carbocycles. The number of nitrogens with one attached hydrogen (secondary N) is 1. The minimum atomic E-state index is 0.451. The van der Waals surface area contributed by atoms with Crippen LogP contribution in [0.2, 0.25) is 0 Å². The molecule has 2 heteroatoms. The molecule has 0 spiro atoms. The number of hydrogen-bond acceptors (Lipinski definition) is 2. The van der Waals surface area contributed by atoms with Gasteiger partial charge in [-0.15, -0.1) is 0 Å². The zero-order valence-electron chi connectivity index (χ0n) is 6.99. The molecule has 0 saturated heterocycles. The Morgan fingerprint density at radius 3 is 2.67 bits per heavy atom. The van der Waals surface area contributed by atoms with Gasteiger partial charge in [0.15, 0.2) is 0 Å². The average molecular weight is 163 g/mol. The van der Waals surface area contributed by atoms with E-state index < -0.39 is 0 Å². The number of hydrogen-bond donors (Lipinski definition) is 1. The van der Waals surface area contributed by atoms with Crippen LogP contribution in [-0.4, -0.2) is 19.4 Å². The van der Waals surface area contributed by atoms with Crippen molar-refractivity contribution in [1.82, 2.24) is 5.32 Å². The molecule has 0 heterocycles. The lowest BCUT2D eigenvalue weighted by Crippen LogP contribution is -2.19. The third-order valence-electron chi connectivity index (χ3n) is 1.66. The standard InChI is InChI=1S/C10H13NO/c12-9-8-11-7-6-10-4-2-1-3-5-10/h1-5,9,11H,6-8H2. The third kappa shape index (κ3) is 3.30. The van der Waals surface area contributed by atoms with E-state index in [9.17, 15) is 4.79 Å². The molecule has 12 heavy (non-hydrogen) atoms. The molecule has 0 radical (unpaired) electrons. The molecule has 1 rings (SSSR count). The Morgan fingerprint density at radius 1 is 1.25 bits per heavy atom. The maximum Gasteiger partial charge on any atom is 0.133 e. The molecule has 0 saturated carbocycles. The van der Waals surface area contributed by atoms with Gasteiger partial charge in [-0.25, -0.2) is 0 Å². The Morgan fingerprint density at radius 2 is 2.00 bits per heavy atom. The maximum atomic E-state index is 9.95. The van der Waals surface area contributed by atoms with Crippen molar-refractivity contribution < 1.29 is 4.79 Å². The van der Waals surface area contributed by atoms with Crippen LogP contribution in [0.3, 0.4) is 0 Å². The van der Waals surface area contributed by atoms with Gasteiger partial charge in [-0.1, -0.05) is 30.3 Å². The fourth-order valence-electron chi connectivity index (χ4n) is 1.04. The lowest BCUT2D eigenvalue weighted by atomic mass is 10.1. The monoisotopic (exact) mass is 163 g/mol. The summed E-state index contributed by atoms with van der Waals surface area (Å²) in [5, 5.41) is 3.02. The van der Waals surface area contributed by atoms with E-state index >= 15 is 0 Å². The first-order valence-corrected chi connectivity index (χ1v) is 4.12. The molecule has 0 aromatic heterocycles. The SMILES string of the molecule is O=CCNCCc1ccccc1. The largest absolute Gasteiger partial charge is 0.310 e. The quantitative estimate of drug-likeness (QED) is 0.518. The smallest absolute Gasteiger partial charge is 0.133 e. The van der Waals surface area contributed by atoms with Crippen molar-refractivity contribution in [3.63, 3.8) is 0 Å². The molecule has 0 bridgehead atoms. The third-order valence-corrected chi connectivity index (χ3v) is 1.66. The summed E-state index contributed by atoms with van der Waals surface area (Å²) in [6.45, 7) is 1.32. The Labute approximate surface area is 72.6 Å². The summed E-state index contributed by atoms with van der Waals surface area (Å²) in [6.07, 6.45) is 1.86. The van der Waals surface area contributed by atoms with E-state index in [1.54, 1.807) is 0 Å². The summed E-state index contributed by atoms with van der Waals surface area (Å²) in [4.78, 5) is 9.95. The van der Waals surface area contributed by atoms with Crippen molar-refractivity contribution in [2.24, 2.45) is 0 Å². The van der Waals surface area contributed by atoms with E-state index in [0.29, 0.717) is 6.54 Å². The van der Waals surface area contributed by atoms with Gasteiger partial charge in [0, 0.05) is 0 Å². The summed E-state index contributed by atoms with van der Waals surface area (Å²) in [5.41, 5.74) is 1.30. The first-order chi connectivity index (χ1) is 5.93. The minimum absolute atomic E-state index is 0.451. The van der Waals surface area contributed by atoms with Crippen molar-refractivity contribution in [2.45, 2.75) is 6.42 Å². The van der Waals surface area contributed by atoms with Gasteiger partial charge < -0.3 is 10.1 Å². The highest BCUT2D eigenvalue weighted by Gasteiger charge is 1.89. The normalized spacial score (nSPS) is 9.67. The van der Waals surface area contributed by atoms with Gasteiger partial charge in [0.2, 0.25) is 0 Å². The van der Waals surface area contributed by atoms with Gasteiger partial charge in [-0.05, 0) is 18.5 Å². The lowest BCUT2D eigenvalue weighted by Gasteiger charge is -2.00. The molecule has 1 N–H and O–H groups in total. The topological polar surface area (TPSA) is 29.1 Å². The van der Waals surface area contributed by atoms with E-state index in [-0.39, 0.29) is 0 Å². The summed E-state index contributed by atoms with van der Waals surface area (Å²) in [7, 11) is 0. The molecule has 0 aliphatic carbocycles. The number of carbonyl (C=O) groups is 1. The van der Waals surface area contributed by atoms with E-state index in [0.717, 1.165) is 19.3 Å². The predicted octanol–water partition coefficient (Wildman–Crippen LogP) is 1.02. The second-order valence-corrected chi connectivity index (χ2v) is 2.61. The number of aldehydes is 1. The molecule has 2 nitrogen and oxygen atoms in total. The molecule has 0 fully saturated rings. The van der Waals surface area contributed by atoms with Gasteiger partial charge in [0.25, 0.3) is 0 Å². The molecule has 0 amide bonds. The van der Waals surface area contributed by atoms with E-state index in [1.807, 2.05) is 18.2 Å². The molecule has 0 aliphatic rings. The fourth-order valence-corrected chi connectivity index (χ4v) is 1.04. The zero-order chi connectivity index (χ0) is 8.65. The van der Waals surface area contributed by atoms with Crippen molar-refractivity contribution in [3.8, 4) is 0 Å². The summed E-state index contributed by atoms with van der Waals surface area (Å²) in [5.74, 6) is 0. The van der Waals surface area contributed by atoms with Crippen LogP contribution in [0.4, 0.5) is 0 Å². The Balaban J connectivity index is 2.20. The highest BCUT2D eigenvalue weighted by Crippen LogP contribution is 1.97. The molecule has 0 unspecified atom stereocenters. The van der Waals surface area contributed by atoms with Gasteiger partial charge >= 0.3 is 0 Å². The lowest BCUT2D eigenvalue weighted by molar-refractivity contribution is -0.107. The Kier molecular flexibility index (Phi) is 4.09. The number of carbonyl (C=O) groups excluding carboxylic acids is 1. The van der Waals surface area contributed by atoms with Crippen LogP contribution >= 0.6 is 0 Å². The van der Waals surface area contributed by atoms with Gasteiger partial charge in [-0.3, -0.25) is 0 Å². The number of benzene rings is 1. The second-order valence-electron chi connectivity index (χ2n) is 2.61. The maximum absolute atomic E-state index is 9.95. The highest BCUT2D eigenvalue weighted by molar-refractivity contribution is 5.51. The minimum Gasteiger partial charge on any atom is -0.310 e. The molecule has 0 atom stereocenters. The Hall–Kier alpha value is -1.15. The first-order valence-electron chi connectivity index (χ1n) is 4.12. The van der Waals surface area contributed by atoms with E-state index in [2.05, 4.69) is 17.4 Å². The van der Waals surface area contributed by atoms with Crippen LogP contribution in [0.15, 0.2) is 30.3 Å². The van der Waals surface area contributed by atoms with E-state index in [1.165, 1.54) is 5.56 Å². The molecular formula is C10H13NO. The highest BCUT2D eigenvalue weighted by atomic mass is 16.1.